The van der Waals surface area contributed by atoms with Gasteiger partial charge in [0.05, 0.1) is 9.92 Å². The maximum absolute atomic E-state index is 11.9. The molecule has 3 heterocycles. The first-order chi connectivity index (χ1) is 13.1. The lowest BCUT2D eigenvalue weighted by molar-refractivity contribution is -0.151. The van der Waals surface area contributed by atoms with Crippen molar-refractivity contribution in [3.63, 3.8) is 0 Å². The highest BCUT2D eigenvalue weighted by Gasteiger charge is 2.49. The minimum atomic E-state index is -1.32. The Labute approximate surface area is 165 Å². The maximum Gasteiger partial charge on any atom is 0.323 e. The minimum absolute atomic E-state index is 0.0438. The SMILES string of the molecule is C=C1Sc2c(N)nc(N)nc2N1[C@@H]1O[C@H](COC(=O)[C@@H](N)C(C)C)[C@@H](O)[C@H]1O. The number of aromatic nitrogens is 2. The molecule has 11 nitrogen and oxygen atoms in total. The van der Waals surface area contributed by atoms with Crippen LogP contribution in [0.3, 0.4) is 0 Å². The molecular weight excluding hydrogens is 388 g/mol. The number of aliphatic hydroxyl groups excluding tert-OH is 2. The fourth-order valence-corrected chi connectivity index (χ4v) is 3.80. The third kappa shape index (κ3) is 3.61. The van der Waals surface area contributed by atoms with Crippen molar-refractivity contribution >= 4 is 35.3 Å². The van der Waals surface area contributed by atoms with Gasteiger partial charge in [0.15, 0.2) is 12.0 Å². The number of anilines is 3. The van der Waals surface area contributed by atoms with E-state index in [0.717, 1.165) is 0 Å². The van der Waals surface area contributed by atoms with Gasteiger partial charge in [-0.15, -0.1) is 0 Å². The van der Waals surface area contributed by atoms with Crippen molar-refractivity contribution in [1.82, 2.24) is 9.97 Å². The molecule has 8 N–H and O–H groups in total. The van der Waals surface area contributed by atoms with Crippen LogP contribution in [0.5, 0.6) is 0 Å². The summed E-state index contributed by atoms with van der Waals surface area (Å²) in [5.74, 6) is -0.244. The van der Waals surface area contributed by atoms with Crippen LogP contribution >= 0.6 is 11.8 Å². The van der Waals surface area contributed by atoms with Crippen molar-refractivity contribution < 1.29 is 24.5 Å². The predicted molar refractivity (Wildman–Crippen MR) is 103 cm³/mol. The van der Waals surface area contributed by atoms with Crippen molar-refractivity contribution in [3.8, 4) is 0 Å². The molecule has 1 aromatic heterocycles. The second kappa shape index (κ2) is 7.72. The van der Waals surface area contributed by atoms with E-state index in [9.17, 15) is 15.0 Å². The van der Waals surface area contributed by atoms with Crippen LogP contribution in [0, 0.1) is 5.92 Å². The van der Waals surface area contributed by atoms with Gasteiger partial charge < -0.3 is 36.9 Å². The highest BCUT2D eigenvalue weighted by atomic mass is 32.2. The van der Waals surface area contributed by atoms with Gasteiger partial charge in [-0.05, 0) is 5.92 Å². The Hall–Kier alpha value is -2.12. The number of thioether (sulfide) groups is 1. The molecule has 0 amide bonds. The predicted octanol–water partition coefficient (Wildman–Crippen LogP) is -1.00. The highest BCUT2D eigenvalue weighted by molar-refractivity contribution is 8.03. The van der Waals surface area contributed by atoms with Gasteiger partial charge in [-0.3, -0.25) is 9.69 Å². The van der Waals surface area contributed by atoms with Gasteiger partial charge in [-0.1, -0.05) is 32.2 Å². The molecule has 0 aromatic carbocycles. The van der Waals surface area contributed by atoms with Crippen LogP contribution in [0.1, 0.15) is 13.8 Å². The van der Waals surface area contributed by atoms with E-state index in [1.807, 2.05) is 0 Å². The fourth-order valence-electron chi connectivity index (χ4n) is 2.89. The van der Waals surface area contributed by atoms with Crippen LogP contribution in [0.25, 0.3) is 0 Å². The number of nitrogen functional groups attached to an aromatic ring is 2. The van der Waals surface area contributed by atoms with E-state index in [4.69, 9.17) is 26.7 Å². The molecule has 0 unspecified atom stereocenters. The summed E-state index contributed by atoms with van der Waals surface area (Å²) in [5, 5.41) is 21.3. The number of carbonyl (C=O) groups is 1. The molecule has 154 valence electrons. The Morgan fingerprint density at radius 2 is 2.04 bits per heavy atom. The molecular formula is C16H24N6O5S. The first-order valence-corrected chi connectivity index (χ1v) is 9.46. The highest BCUT2D eigenvalue weighted by Crippen LogP contribution is 2.49. The van der Waals surface area contributed by atoms with Crippen LogP contribution in [0.4, 0.5) is 17.6 Å². The average Bonchev–Trinajstić information content (AvgIpc) is 3.09. The van der Waals surface area contributed by atoms with Crippen molar-refractivity contribution in [3.05, 3.63) is 11.6 Å². The Balaban J connectivity index is 1.75. The lowest BCUT2D eigenvalue weighted by Crippen LogP contribution is -2.42. The molecule has 1 fully saturated rings. The van der Waals surface area contributed by atoms with Gasteiger partial charge in [-0.2, -0.15) is 9.97 Å². The third-order valence-corrected chi connectivity index (χ3v) is 5.61. The Bertz CT molecular complexity index is 793. The van der Waals surface area contributed by atoms with E-state index in [1.165, 1.54) is 16.7 Å². The number of carbonyl (C=O) groups excluding carboxylic acids is 1. The van der Waals surface area contributed by atoms with Crippen molar-refractivity contribution in [2.45, 2.75) is 49.3 Å². The van der Waals surface area contributed by atoms with Crippen LogP contribution in [0.2, 0.25) is 0 Å². The first-order valence-electron chi connectivity index (χ1n) is 8.64. The largest absolute Gasteiger partial charge is 0.462 e. The molecule has 28 heavy (non-hydrogen) atoms. The Morgan fingerprint density at radius 1 is 1.36 bits per heavy atom. The van der Waals surface area contributed by atoms with E-state index in [0.29, 0.717) is 15.7 Å². The van der Waals surface area contributed by atoms with E-state index in [-0.39, 0.29) is 24.3 Å². The van der Waals surface area contributed by atoms with Crippen molar-refractivity contribution in [2.75, 3.05) is 23.0 Å². The zero-order valence-electron chi connectivity index (χ0n) is 15.5. The molecule has 0 bridgehead atoms. The number of nitrogens with two attached hydrogens (primary N) is 3. The molecule has 0 aliphatic carbocycles. The van der Waals surface area contributed by atoms with Gasteiger partial charge in [-0.25, -0.2) is 0 Å². The number of rotatable bonds is 5. The fraction of sp³-hybridized carbons (Fsp3) is 0.562. The monoisotopic (exact) mass is 412 g/mol. The number of ether oxygens (including phenoxy) is 2. The van der Waals surface area contributed by atoms with E-state index < -0.39 is 36.6 Å². The van der Waals surface area contributed by atoms with Crippen molar-refractivity contribution in [1.29, 1.82) is 0 Å². The molecule has 1 aromatic rings. The van der Waals surface area contributed by atoms with Crippen LogP contribution < -0.4 is 22.1 Å². The van der Waals surface area contributed by atoms with Crippen LogP contribution in [0.15, 0.2) is 16.5 Å². The summed E-state index contributed by atoms with van der Waals surface area (Å²) >= 11 is 1.20. The molecule has 0 radical (unpaired) electrons. The maximum atomic E-state index is 11.9. The van der Waals surface area contributed by atoms with Crippen LogP contribution in [-0.4, -0.2) is 63.3 Å². The molecule has 0 saturated carbocycles. The van der Waals surface area contributed by atoms with E-state index in [2.05, 4.69) is 16.5 Å². The number of nitrogens with zero attached hydrogens (tertiary/aromatic N) is 3. The summed E-state index contributed by atoms with van der Waals surface area (Å²) in [5.41, 5.74) is 17.3. The van der Waals surface area contributed by atoms with Gasteiger partial charge >= 0.3 is 5.97 Å². The zero-order chi connectivity index (χ0) is 20.7. The second-order valence-corrected chi connectivity index (χ2v) is 8.02. The summed E-state index contributed by atoms with van der Waals surface area (Å²) in [6.45, 7) is 7.24. The Morgan fingerprint density at radius 3 is 2.68 bits per heavy atom. The van der Waals surface area contributed by atoms with Gasteiger partial charge in [0.25, 0.3) is 0 Å². The number of hydrogen-bond donors (Lipinski definition) is 5. The third-order valence-electron chi connectivity index (χ3n) is 4.58. The molecule has 3 rings (SSSR count). The minimum Gasteiger partial charge on any atom is -0.462 e. The summed E-state index contributed by atoms with van der Waals surface area (Å²) in [6, 6.07) is -0.788. The molecule has 1 saturated heterocycles. The smallest absolute Gasteiger partial charge is 0.323 e. The van der Waals surface area contributed by atoms with E-state index >= 15 is 0 Å². The number of hydrogen-bond acceptors (Lipinski definition) is 12. The Kier molecular flexibility index (Phi) is 5.68. The summed E-state index contributed by atoms with van der Waals surface area (Å²) in [6.07, 6.45) is -4.59. The lowest BCUT2D eigenvalue weighted by atomic mass is 10.1. The molecule has 2 aliphatic rings. The standard InChI is InChI=1S/C16H24N6O5S/c1-5(2)8(17)15(25)26-4-7-9(23)10(24)14(27-7)22-6(3)28-11-12(18)20-16(19)21-13(11)22/h5,7-10,14,23-24H,3-4,17H2,1-2H3,(H4,18,19,20,21)/t7-,8+,9-,10-,14-/m1/s1. The second-order valence-electron chi connectivity index (χ2n) is 6.93. The van der Waals surface area contributed by atoms with E-state index in [1.54, 1.807) is 13.8 Å². The number of esters is 1. The van der Waals surface area contributed by atoms with Gasteiger partial charge in [0.2, 0.25) is 5.95 Å². The summed E-state index contributed by atoms with van der Waals surface area (Å²) in [4.78, 5) is 22.0. The molecule has 5 atom stereocenters. The molecule has 0 spiro atoms. The topological polar surface area (TPSA) is 183 Å². The quantitative estimate of drug-likeness (QED) is 0.372. The summed E-state index contributed by atoms with van der Waals surface area (Å²) < 4.78 is 10.9. The molecule has 12 heteroatoms. The van der Waals surface area contributed by atoms with Gasteiger partial charge in [0.1, 0.15) is 36.8 Å². The normalized spacial score (nSPS) is 27.9. The number of aliphatic hydroxyl groups is 2. The average molecular weight is 412 g/mol. The number of fused-ring (bicyclic) bond motifs is 1. The zero-order valence-corrected chi connectivity index (χ0v) is 16.3. The first kappa shape index (κ1) is 20.6. The molecule has 2 aliphatic heterocycles. The summed E-state index contributed by atoms with van der Waals surface area (Å²) in [7, 11) is 0. The lowest BCUT2D eigenvalue weighted by Gasteiger charge is -2.27. The van der Waals surface area contributed by atoms with Crippen LogP contribution in [-0.2, 0) is 14.3 Å². The van der Waals surface area contributed by atoms with Gasteiger partial charge in [0, 0.05) is 0 Å². The van der Waals surface area contributed by atoms with Crippen molar-refractivity contribution in [2.24, 2.45) is 11.7 Å².